The van der Waals surface area contributed by atoms with E-state index >= 15 is 0 Å². The van der Waals surface area contributed by atoms with Crippen molar-refractivity contribution in [2.75, 3.05) is 0 Å². The van der Waals surface area contributed by atoms with E-state index in [-0.39, 0.29) is 6.17 Å². The molecule has 7 heteroatoms. The Balaban J connectivity index is 2.16. The molecule has 102 valence electrons. The zero-order valence-electron chi connectivity index (χ0n) is 10.1. The summed E-state index contributed by atoms with van der Waals surface area (Å²) in [5.74, 6) is 0. The van der Waals surface area contributed by atoms with Crippen LogP contribution in [0.25, 0.3) is 0 Å². The topological polar surface area (TPSA) is 35.6 Å². The summed E-state index contributed by atoms with van der Waals surface area (Å²) in [6.07, 6.45) is 7.03. The molecular formula is C13H9Br2ClN4. The predicted molar refractivity (Wildman–Crippen MR) is 84.8 cm³/mol. The Hall–Kier alpha value is -1.11. The van der Waals surface area contributed by atoms with Crippen molar-refractivity contribution in [3.63, 3.8) is 0 Å². The SMILES string of the molecule is Clc1ccccc1C(n1cc(Br)cn1)n1cc(Br)cn1. The van der Waals surface area contributed by atoms with E-state index in [0.717, 1.165) is 14.5 Å². The highest BCUT2D eigenvalue weighted by Gasteiger charge is 2.20. The van der Waals surface area contributed by atoms with Crippen molar-refractivity contribution in [2.24, 2.45) is 0 Å². The molecule has 0 unspecified atom stereocenters. The molecule has 0 aliphatic heterocycles. The van der Waals surface area contributed by atoms with Crippen LogP contribution in [0.4, 0.5) is 0 Å². The lowest BCUT2D eigenvalue weighted by Gasteiger charge is -2.19. The van der Waals surface area contributed by atoms with E-state index in [2.05, 4.69) is 42.1 Å². The zero-order chi connectivity index (χ0) is 14.1. The van der Waals surface area contributed by atoms with Crippen molar-refractivity contribution in [3.05, 3.63) is 68.6 Å². The second-order valence-corrected chi connectivity index (χ2v) is 6.41. The highest BCUT2D eigenvalue weighted by Crippen LogP contribution is 2.28. The van der Waals surface area contributed by atoms with Crippen molar-refractivity contribution in [1.82, 2.24) is 19.6 Å². The first-order valence-electron chi connectivity index (χ1n) is 5.79. The third kappa shape index (κ3) is 2.68. The predicted octanol–water partition coefficient (Wildman–Crippen LogP) is 4.35. The minimum absolute atomic E-state index is 0.235. The van der Waals surface area contributed by atoms with E-state index in [4.69, 9.17) is 11.6 Å². The Bertz CT molecular complexity index is 697. The van der Waals surface area contributed by atoms with Crippen LogP contribution in [0.1, 0.15) is 11.7 Å². The molecule has 3 rings (SSSR count). The van der Waals surface area contributed by atoms with Gasteiger partial charge in [0, 0.05) is 23.0 Å². The first-order chi connectivity index (χ1) is 9.65. The molecule has 1 aromatic carbocycles. The van der Waals surface area contributed by atoms with E-state index in [1.807, 2.05) is 46.0 Å². The molecule has 0 saturated carbocycles. The second kappa shape index (κ2) is 5.71. The summed E-state index contributed by atoms with van der Waals surface area (Å²) in [5, 5.41) is 9.39. The van der Waals surface area contributed by atoms with Crippen molar-refractivity contribution < 1.29 is 0 Å². The van der Waals surface area contributed by atoms with Crippen molar-refractivity contribution in [1.29, 1.82) is 0 Å². The van der Waals surface area contributed by atoms with Gasteiger partial charge in [-0.25, -0.2) is 9.36 Å². The number of aromatic nitrogens is 4. The van der Waals surface area contributed by atoms with E-state index in [1.54, 1.807) is 12.4 Å². The molecular weight excluding hydrogens is 407 g/mol. The zero-order valence-corrected chi connectivity index (χ0v) is 14.0. The van der Waals surface area contributed by atoms with E-state index in [9.17, 15) is 0 Å². The Morgan fingerprint density at radius 1 is 0.950 bits per heavy atom. The minimum atomic E-state index is -0.235. The third-order valence-corrected chi connectivity index (χ3v) is 3.99. The standard InChI is InChI=1S/C13H9Br2ClN4/c14-9-5-17-19(7-9)13(20-8-10(15)6-18-20)11-3-1-2-4-12(11)16/h1-8,13H. The summed E-state index contributed by atoms with van der Waals surface area (Å²) in [6.45, 7) is 0. The molecule has 0 spiro atoms. The summed E-state index contributed by atoms with van der Waals surface area (Å²) >= 11 is 13.2. The van der Waals surface area contributed by atoms with Crippen LogP contribution in [0.5, 0.6) is 0 Å². The molecule has 0 fully saturated rings. The summed E-state index contributed by atoms with van der Waals surface area (Å²) in [7, 11) is 0. The maximum Gasteiger partial charge on any atom is 0.170 e. The van der Waals surface area contributed by atoms with Gasteiger partial charge in [-0.1, -0.05) is 29.8 Å². The molecule has 0 bridgehead atoms. The van der Waals surface area contributed by atoms with Gasteiger partial charge in [0.1, 0.15) is 0 Å². The molecule has 0 saturated heterocycles. The van der Waals surface area contributed by atoms with Crippen molar-refractivity contribution in [3.8, 4) is 0 Å². The van der Waals surface area contributed by atoms with Crippen molar-refractivity contribution in [2.45, 2.75) is 6.17 Å². The number of halogens is 3. The maximum atomic E-state index is 6.33. The molecule has 0 amide bonds. The van der Waals surface area contributed by atoms with Gasteiger partial charge in [-0.3, -0.25) is 0 Å². The van der Waals surface area contributed by atoms with Gasteiger partial charge in [0.25, 0.3) is 0 Å². The summed E-state index contributed by atoms with van der Waals surface area (Å²) in [4.78, 5) is 0. The molecule has 0 radical (unpaired) electrons. The first kappa shape index (κ1) is 13.9. The maximum absolute atomic E-state index is 6.33. The molecule has 4 nitrogen and oxygen atoms in total. The molecule has 3 aromatic rings. The quantitative estimate of drug-likeness (QED) is 0.636. The molecule has 0 aliphatic carbocycles. The molecule has 20 heavy (non-hydrogen) atoms. The molecule has 2 heterocycles. The average molecular weight is 417 g/mol. The van der Waals surface area contributed by atoms with E-state index in [1.165, 1.54) is 0 Å². The van der Waals surface area contributed by atoms with Crippen molar-refractivity contribution >= 4 is 43.5 Å². The number of rotatable bonds is 3. The monoisotopic (exact) mass is 414 g/mol. The van der Waals surface area contributed by atoms with Gasteiger partial charge in [0.05, 0.1) is 21.3 Å². The Labute approximate surface area is 137 Å². The van der Waals surface area contributed by atoms with Crippen LogP contribution in [-0.2, 0) is 0 Å². The fourth-order valence-corrected chi connectivity index (χ4v) is 2.82. The molecule has 0 N–H and O–H groups in total. The third-order valence-electron chi connectivity index (χ3n) is 2.82. The Morgan fingerprint density at radius 2 is 1.50 bits per heavy atom. The lowest BCUT2D eigenvalue weighted by atomic mass is 10.2. The molecule has 2 aromatic heterocycles. The smallest absolute Gasteiger partial charge is 0.170 e. The number of hydrogen-bond donors (Lipinski definition) is 0. The van der Waals surface area contributed by atoms with Gasteiger partial charge >= 0.3 is 0 Å². The van der Waals surface area contributed by atoms with E-state index in [0.29, 0.717) is 5.02 Å². The summed E-state index contributed by atoms with van der Waals surface area (Å²) in [5.41, 5.74) is 0.931. The van der Waals surface area contributed by atoms with Gasteiger partial charge in [-0.15, -0.1) is 0 Å². The van der Waals surface area contributed by atoms with Gasteiger partial charge in [-0.2, -0.15) is 10.2 Å². The fraction of sp³-hybridized carbons (Fsp3) is 0.0769. The molecule has 0 aliphatic rings. The lowest BCUT2D eigenvalue weighted by Crippen LogP contribution is -2.20. The second-order valence-electron chi connectivity index (χ2n) is 4.17. The van der Waals surface area contributed by atoms with Crippen LogP contribution in [0.15, 0.2) is 58.0 Å². The average Bonchev–Trinajstić information content (AvgIpc) is 3.02. The Kier molecular flexibility index (Phi) is 3.96. The number of benzene rings is 1. The highest BCUT2D eigenvalue weighted by atomic mass is 79.9. The number of hydrogen-bond acceptors (Lipinski definition) is 2. The van der Waals surface area contributed by atoms with Crippen LogP contribution < -0.4 is 0 Å². The normalized spacial score (nSPS) is 11.2. The van der Waals surface area contributed by atoms with Crippen LogP contribution in [0.2, 0.25) is 5.02 Å². The Morgan fingerprint density at radius 3 is 1.95 bits per heavy atom. The molecule has 0 atom stereocenters. The van der Waals surface area contributed by atoms with Crippen LogP contribution in [0.3, 0.4) is 0 Å². The summed E-state index contributed by atoms with van der Waals surface area (Å²) < 4.78 is 5.43. The summed E-state index contributed by atoms with van der Waals surface area (Å²) in [6, 6.07) is 7.69. The van der Waals surface area contributed by atoms with E-state index < -0.39 is 0 Å². The van der Waals surface area contributed by atoms with Gasteiger partial charge < -0.3 is 0 Å². The van der Waals surface area contributed by atoms with Crippen LogP contribution in [-0.4, -0.2) is 19.6 Å². The van der Waals surface area contributed by atoms with Crippen LogP contribution >= 0.6 is 43.5 Å². The van der Waals surface area contributed by atoms with Gasteiger partial charge in [0.2, 0.25) is 0 Å². The van der Waals surface area contributed by atoms with Gasteiger partial charge in [-0.05, 0) is 37.9 Å². The lowest BCUT2D eigenvalue weighted by molar-refractivity contribution is 0.418. The number of nitrogens with zero attached hydrogens (tertiary/aromatic N) is 4. The fourth-order valence-electron chi connectivity index (χ4n) is 1.99. The van der Waals surface area contributed by atoms with Crippen LogP contribution in [0, 0.1) is 0 Å². The first-order valence-corrected chi connectivity index (χ1v) is 7.75. The largest absolute Gasteiger partial charge is 0.242 e. The van der Waals surface area contributed by atoms with Gasteiger partial charge in [0.15, 0.2) is 6.17 Å². The highest BCUT2D eigenvalue weighted by molar-refractivity contribution is 9.10. The minimum Gasteiger partial charge on any atom is -0.242 e.